The van der Waals surface area contributed by atoms with Crippen molar-refractivity contribution in [1.82, 2.24) is 0 Å². The fourth-order valence-corrected chi connectivity index (χ4v) is 9.20. The third-order valence-corrected chi connectivity index (χ3v) is 11.3. The van der Waals surface area contributed by atoms with Gasteiger partial charge < -0.3 is 4.74 Å². The number of hydrogen-bond donors (Lipinski definition) is 0. The predicted molar refractivity (Wildman–Crippen MR) is 124 cm³/mol. The molecular weight excluding hydrogens is 384 g/mol. The molecule has 3 nitrogen and oxygen atoms in total. The van der Waals surface area contributed by atoms with Crippen LogP contribution >= 0.6 is 0 Å². The monoisotopic (exact) mass is 428 g/mol. The van der Waals surface area contributed by atoms with Gasteiger partial charge in [0.15, 0.2) is 0 Å². The topological polar surface area (TPSA) is 43.4 Å². The molecule has 2 saturated carbocycles. The molecule has 2 fully saturated rings. The van der Waals surface area contributed by atoms with Crippen molar-refractivity contribution in [2.75, 3.05) is 0 Å². The number of carbonyl (C=O) groups excluding carboxylic acids is 2. The Kier molecular flexibility index (Phi) is 5.35. The first kappa shape index (κ1) is 23.1. The second kappa shape index (κ2) is 7.19. The molecule has 0 saturated heterocycles. The van der Waals surface area contributed by atoms with E-state index < -0.39 is 0 Å². The van der Waals surface area contributed by atoms with Gasteiger partial charge in [0.25, 0.3) is 0 Å². The summed E-state index contributed by atoms with van der Waals surface area (Å²) < 4.78 is 5.82. The van der Waals surface area contributed by atoms with Crippen molar-refractivity contribution in [3.05, 3.63) is 11.1 Å². The largest absolute Gasteiger partial charge is 0.462 e. The molecule has 7 atom stereocenters. The van der Waals surface area contributed by atoms with E-state index in [9.17, 15) is 9.59 Å². The Balaban J connectivity index is 1.72. The van der Waals surface area contributed by atoms with Gasteiger partial charge in [0.2, 0.25) is 0 Å². The van der Waals surface area contributed by atoms with Gasteiger partial charge in [-0.2, -0.15) is 0 Å². The molecule has 0 aromatic heterocycles. The van der Waals surface area contributed by atoms with Gasteiger partial charge in [-0.3, -0.25) is 9.59 Å². The van der Waals surface area contributed by atoms with Gasteiger partial charge >= 0.3 is 5.97 Å². The number of ether oxygens (including phenoxy) is 1. The minimum Gasteiger partial charge on any atom is -0.462 e. The van der Waals surface area contributed by atoms with Crippen LogP contribution in [0.1, 0.15) is 107 Å². The number of fused-ring (bicyclic) bond motifs is 4. The zero-order valence-corrected chi connectivity index (χ0v) is 21.2. The summed E-state index contributed by atoms with van der Waals surface area (Å²) >= 11 is 0. The molecule has 0 N–H and O–H groups in total. The van der Waals surface area contributed by atoms with E-state index in [1.54, 1.807) is 25.0 Å². The van der Waals surface area contributed by atoms with Crippen LogP contribution in [0.5, 0.6) is 0 Å². The van der Waals surface area contributed by atoms with Crippen molar-refractivity contribution in [2.45, 2.75) is 113 Å². The molecule has 4 rings (SSSR count). The number of rotatable bonds is 3. The van der Waals surface area contributed by atoms with E-state index in [0.717, 1.165) is 12.8 Å². The molecule has 0 heterocycles. The summed E-state index contributed by atoms with van der Waals surface area (Å²) in [6.45, 7) is 17.7. The van der Waals surface area contributed by atoms with Crippen molar-refractivity contribution in [1.29, 1.82) is 0 Å². The van der Waals surface area contributed by atoms with E-state index in [1.807, 2.05) is 0 Å². The molecule has 0 radical (unpaired) electrons. The molecular formula is C28H44O3. The second-order valence-electron chi connectivity index (χ2n) is 12.7. The van der Waals surface area contributed by atoms with Crippen LogP contribution in [0.15, 0.2) is 11.1 Å². The molecule has 0 spiro atoms. The summed E-state index contributed by atoms with van der Waals surface area (Å²) in [5, 5.41) is 0. The van der Waals surface area contributed by atoms with Gasteiger partial charge in [-0.25, -0.2) is 0 Å². The Morgan fingerprint density at radius 3 is 2.19 bits per heavy atom. The van der Waals surface area contributed by atoms with Gasteiger partial charge in [0.1, 0.15) is 11.9 Å². The number of esters is 1. The summed E-state index contributed by atoms with van der Waals surface area (Å²) in [6.07, 6.45) is 9.30. The Morgan fingerprint density at radius 2 is 1.58 bits per heavy atom. The van der Waals surface area contributed by atoms with Crippen molar-refractivity contribution < 1.29 is 14.3 Å². The maximum Gasteiger partial charge on any atom is 0.302 e. The van der Waals surface area contributed by atoms with Crippen LogP contribution in [0.4, 0.5) is 0 Å². The molecule has 0 aromatic carbocycles. The van der Waals surface area contributed by atoms with E-state index in [4.69, 9.17) is 4.74 Å². The number of ketones is 1. The van der Waals surface area contributed by atoms with E-state index in [0.29, 0.717) is 17.6 Å². The van der Waals surface area contributed by atoms with Crippen LogP contribution in [0.3, 0.4) is 0 Å². The first-order valence-electron chi connectivity index (χ1n) is 12.7. The second-order valence-corrected chi connectivity index (χ2v) is 12.7. The van der Waals surface area contributed by atoms with Gasteiger partial charge in [-0.15, -0.1) is 0 Å². The number of carbonyl (C=O) groups is 2. The lowest BCUT2D eigenvalue weighted by molar-refractivity contribution is -0.167. The molecule has 3 heteroatoms. The van der Waals surface area contributed by atoms with Crippen molar-refractivity contribution in [3.8, 4) is 0 Å². The van der Waals surface area contributed by atoms with Gasteiger partial charge in [0, 0.05) is 18.3 Å². The van der Waals surface area contributed by atoms with E-state index >= 15 is 0 Å². The lowest BCUT2D eigenvalue weighted by Gasteiger charge is -2.62. The van der Waals surface area contributed by atoms with Crippen molar-refractivity contribution in [3.63, 3.8) is 0 Å². The minimum atomic E-state index is -0.144. The fourth-order valence-electron chi connectivity index (χ4n) is 9.20. The lowest BCUT2D eigenvalue weighted by atomic mass is 9.43. The number of hydrogen-bond acceptors (Lipinski definition) is 3. The number of allylic oxidation sites excluding steroid dienone is 2. The normalized spacial score (nSPS) is 44.7. The zero-order valence-electron chi connectivity index (χ0n) is 21.2. The Hall–Kier alpha value is -1.12. The van der Waals surface area contributed by atoms with Crippen LogP contribution in [-0.4, -0.2) is 17.9 Å². The average Bonchev–Trinajstić information content (AvgIpc) is 2.95. The molecule has 0 aliphatic heterocycles. The molecule has 4 aliphatic rings. The fraction of sp³-hybridized carbons (Fsp3) is 0.857. The highest BCUT2D eigenvalue weighted by Gasteiger charge is 2.63. The first-order valence-corrected chi connectivity index (χ1v) is 12.7. The highest BCUT2D eigenvalue weighted by Crippen LogP contribution is 2.72. The zero-order chi connectivity index (χ0) is 23.0. The van der Waals surface area contributed by atoms with Crippen LogP contribution in [0.2, 0.25) is 0 Å². The van der Waals surface area contributed by atoms with Crippen LogP contribution in [-0.2, 0) is 14.3 Å². The third-order valence-electron chi connectivity index (χ3n) is 11.3. The van der Waals surface area contributed by atoms with E-state index in [2.05, 4.69) is 41.5 Å². The van der Waals surface area contributed by atoms with Crippen LogP contribution in [0.25, 0.3) is 0 Å². The Morgan fingerprint density at radius 1 is 0.903 bits per heavy atom. The van der Waals surface area contributed by atoms with E-state index in [1.165, 1.54) is 38.5 Å². The average molecular weight is 429 g/mol. The van der Waals surface area contributed by atoms with Gasteiger partial charge in [-0.05, 0) is 86.4 Å². The van der Waals surface area contributed by atoms with Gasteiger partial charge in [0.05, 0.1) is 0 Å². The lowest BCUT2D eigenvalue weighted by Crippen LogP contribution is -2.55. The van der Waals surface area contributed by atoms with E-state index in [-0.39, 0.29) is 39.7 Å². The third kappa shape index (κ3) is 3.04. The molecule has 4 aliphatic carbocycles. The minimum absolute atomic E-state index is 0.000209. The predicted octanol–water partition coefficient (Wildman–Crippen LogP) is 6.89. The van der Waals surface area contributed by atoms with Crippen molar-refractivity contribution >= 4 is 11.8 Å². The highest BCUT2D eigenvalue weighted by molar-refractivity contribution is 5.78. The van der Waals surface area contributed by atoms with Crippen LogP contribution < -0.4 is 0 Å². The summed E-state index contributed by atoms with van der Waals surface area (Å²) in [4.78, 5) is 24.1. The Bertz CT molecular complexity index is 822. The van der Waals surface area contributed by atoms with Gasteiger partial charge in [-0.1, -0.05) is 52.7 Å². The summed E-state index contributed by atoms with van der Waals surface area (Å²) in [5.41, 5.74) is 4.15. The molecule has 174 valence electrons. The first-order chi connectivity index (χ1) is 14.3. The Labute approximate surface area is 189 Å². The standard InChI is InChI=1S/C28H44O3/c1-17(18(2)29)20-11-15-28(8)22-9-10-23-25(4,5)24(31-19(3)30)13-14-26(23,6)21(22)12-16-27(20,28)7/h17,20,23-24H,9-16H2,1-8H3. The van der Waals surface area contributed by atoms with Crippen molar-refractivity contribution in [2.24, 2.45) is 39.4 Å². The van der Waals surface area contributed by atoms with Crippen LogP contribution in [0, 0.1) is 39.4 Å². The maximum absolute atomic E-state index is 12.3. The molecule has 0 bridgehead atoms. The summed E-state index contributed by atoms with van der Waals surface area (Å²) in [5.74, 6) is 1.44. The highest BCUT2D eigenvalue weighted by atomic mass is 16.5. The number of Topliss-reactive ketones (excluding diaryl/α,β-unsaturated/α-hetero) is 1. The molecule has 0 aromatic rings. The maximum atomic E-state index is 12.3. The smallest absolute Gasteiger partial charge is 0.302 e. The SMILES string of the molecule is CC(=O)OC1CCC2(C)C3=C(CCC2C1(C)C)C1(C)CCC(C(C)C(C)=O)C1(C)CC3. The summed E-state index contributed by atoms with van der Waals surface area (Å²) in [6, 6.07) is 0. The molecule has 31 heavy (non-hydrogen) atoms. The quantitative estimate of drug-likeness (QED) is 0.363. The molecule has 7 unspecified atom stereocenters. The molecule has 0 amide bonds. The summed E-state index contributed by atoms with van der Waals surface area (Å²) in [7, 11) is 0.